The summed E-state index contributed by atoms with van der Waals surface area (Å²) in [6.07, 6.45) is 7.94. The molecule has 0 aromatic carbocycles. The summed E-state index contributed by atoms with van der Waals surface area (Å²) < 4.78 is 22.5. The van der Waals surface area contributed by atoms with Crippen molar-refractivity contribution in [3.63, 3.8) is 0 Å². The van der Waals surface area contributed by atoms with Crippen molar-refractivity contribution in [3.05, 3.63) is 0 Å². The lowest BCUT2D eigenvalue weighted by atomic mass is 9.89. The van der Waals surface area contributed by atoms with Gasteiger partial charge in [0.2, 0.25) is 0 Å². The molecular weight excluding hydrogens is 328 g/mol. The van der Waals surface area contributed by atoms with Crippen molar-refractivity contribution in [3.8, 4) is 0 Å². The molecule has 0 aliphatic heterocycles. The fourth-order valence-electron chi connectivity index (χ4n) is 2.41. The Hall–Kier alpha value is -0.160. The number of hydrogen-bond acceptors (Lipinski definition) is 4. The summed E-state index contributed by atoms with van der Waals surface area (Å²) in [7, 11) is 0. The number of hydrogen-bond donors (Lipinski definition) is 0. The van der Waals surface area contributed by atoms with E-state index < -0.39 is 0 Å². The van der Waals surface area contributed by atoms with Crippen molar-refractivity contribution < 1.29 is 18.9 Å². The Morgan fingerprint density at radius 3 is 1.31 bits per heavy atom. The van der Waals surface area contributed by atoms with Gasteiger partial charge in [0.05, 0.1) is 5.60 Å². The van der Waals surface area contributed by atoms with Gasteiger partial charge in [-0.2, -0.15) is 0 Å². The molecule has 0 saturated carbocycles. The third-order valence-electron chi connectivity index (χ3n) is 3.84. The highest BCUT2D eigenvalue weighted by Gasteiger charge is 2.09. The van der Waals surface area contributed by atoms with Gasteiger partial charge in [-0.1, -0.05) is 33.6 Å². The van der Waals surface area contributed by atoms with Crippen LogP contribution < -0.4 is 0 Å². The van der Waals surface area contributed by atoms with Gasteiger partial charge >= 0.3 is 0 Å². The van der Waals surface area contributed by atoms with Crippen LogP contribution in [0, 0.1) is 5.41 Å². The van der Waals surface area contributed by atoms with Crippen LogP contribution in [0.4, 0.5) is 0 Å². The van der Waals surface area contributed by atoms with Crippen LogP contribution in [0.3, 0.4) is 0 Å². The molecule has 0 aromatic heterocycles. The zero-order chi connectivity index (χ0) is 19.7. The van der Waals surface area contributed by atoms with E-state index in [2.05, 4.69) is 41.5 Å². The highest BCUT2D eigenvalue weighted by Crippen LogP contribution is 2.21. The summed E-state index contributed by atoms with van der Waals surface area (Å²) in [6.45, 7) is 18.7. The highest BCUT2D eigenvalue weighted by molar-refractivity contribution is 4.61. The van der Waals surface area contributed by atoms with Crippen molar-refractivity contribution in [2.75, 3.05) is 46.2 Å². The summed E-state index contributed by atoms with van der Waals surface area (Å²) in [6, 6.07) is 0. The number of rotatable bonds is 17. The van der Waals surface area contributed by atoms with E-state index in [1.54, 1.807) is 0 Å². The minimum Gasteiger partial charge on any atom is -0.381 e. The maximum absolute atomic E-state index is 5.66. The maximum Gasteiger partial charge on any atom is 0.0598 e. The van der Waals surface area contributed by atoms with Crippen molar-refractivity contribution in [1.82, 2.24) is 0 Å². The molecular formula is C22H46O4. The summed E-state index contributed by atoms with van der Waals surface area (Å²) >= 11 is 0. The first-order chi connectivity index (χ1) is 12.2. The second-order valence-electron chi connectivity index (χ2n) is 9.23. The van der Waals surface area contributed by atoms with Crippen molar-refractivity contribution >= 4 is 0 Å². The normalized spacial score (nSPS) is 12.7. The van der Waals surface area contributed by atoms with Gasteiger partial charge in [0.1, 0.15) is 0 Å². The SMILES string of the molecule is CC(C)(C)CCCCCOCCCOCCCOCCCOC(C)(C)C. The van der Waals surface area contributed by atoms with E-state index in [9.17, 15) is 0 Å². The summed E-state index contributed by atoms with van der Waals surface area (Å²) in [4.78, 5) is 0. The van der Waals surface area contributed by atoms with Gasteiger partial charge in [0.15, 0.2) is 0 Å². The first kappa shape index (κ1) is 25.8. The van der Waals surface area contributed by atoms with Crippen molar-refractivity contribution in [2.24, 2.45) is 5.41 Å². The van der Waals surface area contributed by atoms with Crippen molar-refractivity contribution in [1.29, 1.82) is 0 Å². The molecule has 4 heteroatoms. The molecule has 0 radical (unpaired) electrons. The quantitative estimate of drug-likeness (QED) is 0.309. The minimum atomic E-state index is -0.0518. The second kappa shape index (κ2) is 15.9. The fraction of sp³-hybridized carbons (Fsp3) is 1.00. The first-order valence-electron chi connectivity index (χ1n) is 10.6. The van der Waals surface area contributed by atoms with E-state index in [0.717, 1.165) is 65.5 Å². The molecule has 158 valence electrons. The van der Waals surface area contributed by atoms with Gasteiger partial charge < -0.3 is 18.9 Å². The zero-order valence-corrected chi connectivity index (χ0v) is 18.5. The van der Waals surface area contributed by atoms with Crippen LogP contribution in [-0.4, -0.2) is 51.8 Å². The highest BCUT2D eigenvalue weighted by atomic mass is 16.5. The van der Waals surface area contributed by atoms with E-state index in [4.69, 9.17) is 18.9 Å². The van der Waals surface area contributed by atoms with Crippen LogP contribution in [0.1, 0.15) is 86.5 Å². The van der Waals surface area contributed by atoms with Gasteiger partial charge in [-0.05, 0) is 58.3 Å². The first-order valence-corrected chi connectivity index (χ1v) is 10.6. The minimum absolute atomic E-state index is 0.0518. The molecule has 0 atom stereocenters. The molecule has 26 heavy (non-hydrogen) atoms. The Morgan fingerprint density at radius 2 is 0.885 bits per heavy atom. The molecule has 0 amide bonds. The molecule has 0 aromatic rings. The second-order valence-corrected chi connectivity index (χ2v) is 9.23. The molecule has 0 N–H and O–H groups in total. The molecule has 0 spiro atoms. The summed E-state index contributed by atoms with van der Waals surface area (Å²) in [5, 5.41) is 0. The molecule has 0 aliphatic rings. The summed E-state index contributed by atoms with van der Waals surface area (Å²) in [5.74, 6) is 0. The van der Waals surface area contributed by atoms with Crippen LogP contribution in [0.15, 0.2) is 0 Å². The lowest BCUT2D eigenvalue weighted by Gasteiger charge is -2.19. The lowest BCUT2D eigenvalue weighted by molar-refractivity contribution is -0.0150. The molecule has 0 bridgehead atoms. The standard InChI is InChI=1S/C22H46O4/c1-21(2,3)13-8-7-9-14-23-15-10-16-24-17-11-18-25-19-12-20-26-22(4,5)6/h7-20H2,1-6H3. The van der Waals surface area contributed by atoms with Crippen LogP contribution in [-0.2, 0) is 18.9 Å². The van der Waals surface area contributed by atoms with Crippen molar-refractivity contribution in [2.45, 2.75) is 92.1 Å². The number of ether oxygens (including phenoxy) is 4. The summed E-state index contributed by atoms with van der Waals surface area (Å²) in [5.41, 5.74) is 0.410. The molecule has 0 heterocycles. The predicted octanol–water partition coefficient (Wildman–Crippen LogP) is 5.63. The Labute approximate surface area is 163 Å². The Bertz CT molecular complexity index is 261. The van der Waals surface area contributed by atoms with E-state index in [0.29, 0.717) is 5.41 Å². The van der Waals surface area contributed by atoms with E-state index in [1.165, 1.54) is 25.7 Å². The van der Waals surface area contributed by atoms with Crippen LogP contribution in [0.5, 0.6) is 0 Å². The van der Waals surface area contributed by atoms with Gasteiger partial charge in [-0.25, -0.2) is 0 Å². The Morgan fingerprint density at radius 1 is 0.462 bits per heavy atom. The average Bonchev–Trinajstić information content (AvgIpc) is 2.51. The molecule has 0 fully saturated rings. The third-order valence-corrected chi connectivity index (χ3v) is 3.84. The molecule has 0 rings (SSSR count). The molecule has 0 saturated heterocycles. The van der Waals surface area contributed by atoms with Crippen LogP contribution in [0.25, 0.3) is 0 Å². The van der Waals surface area contributed by atoms with Gasteiger partial charge in [0.25, 0.3) is 0 Å². The molecule has 4 nitrogen and oxygen atoms in total. The van der Waals surface area contributed by atoms with Gasteiger partial charge in [-0.3, -0.25) is 0 Å². The monoisotopic (exact) mass is 374 g/mol. The van der Waals surface area contributed by atoms with Gasteiger partial charge in [0, 0.05) is 46.2 Å². The average molecular weight is 375 g/mol. The third kappa shape index (κ3) is 23.8. The topological polar surface area (TPSA) is 36.9 Å². The van der Waals surface area contributed by atoms with Crippen LogP contribution in [0.2, 0.25) is 0 Å². The molecule has 0 aliphatic carbocycles. The van der Waals surface area contributed by atoms with E-state index >= 15 is 0 Å². The largest absolute Gasteiger partial charge is 0.381 e. The Balaban J connectivity index is 3.07. The number of unbranched alkanes of at least 4 members (excludes halogenated alkanes) is 2. The van der Waals surface area contributed by atoms with Gasteiger partial charge in [-0.15, -0.1) is 0 Å². The van der Waals surface area contributed by atoms with Crippen LogP contribution >= 0.6 is 0 Å². The van der Waals surface area contributed by atoms with E-state index in [1.807, 2.05) is 0 Å². The lowest BCUT2D eigenvalue weighted by Crippen LogP contribution is -2.20. The fourth-order valence-corrected chi connectivity index (χ4v) is 2.41. The Kier molecular flexibility index (Phi) is 15.8. The molecule has 0 unspecified atom stereocenters. The van der Waals surface area contributed by atoms with E-state index in [-0.39, 0.29) is 5.60 Å². The zero-order valence-electron chi connectivity index (χ0n) is 18.5. The predicted molar refractivity (Wildman–Crippen MR) is 110 cm³/mol. The smallest absolute Gasteiger partial charge is 0.0598 e. The maximum atomic E-state index is 5.66.